The third-order valence-electron chi connectivity index (χ3n) is 3.60. The first kappa shape index (κ1) is 13.6. The number of hydrogen-bond acceptors (Lipinski definition) is 2. The average Bonchev–Trinajstić information content (AvgIpc) is 2.91. The van der Waals surface area contributed by atoms with Crippen LogP contribution in [0.3, 0.4) is 0 Å². The van der Waals surface area contributed by atoms with E-state index in [1.165, 1.54) is 5.56 Å². The molecular weight excluding hydrogens is 258 g/mol. The van der Waals surface area contributed by atoms with Crippen LogP contribution in [-0.2, 0) is 6.42 Å². The minimum Gasteiger partial charge on any atom is -0.344 e. The molecule has 0 aliphatic carbocycles. The number of aryl methyl sites for hydroxylation is 1. The fourth-order valence-electron chi connectivity index (χ4n) is 2.50. The molecule has 0 saturated carbocycles. The fourth-order valence-corrected chi connectivity index (χ4v) is 2.50. The Hall–Kier alpha value is -2.39. The lowest BCUT2D eigenvalue weighted by Gasteiger charge is -2.08. The van der Waals surface area contributed by atoms with Crippen LogP contribution in [0.1, 0.15) is 23.1 Å². The average molecular weight is 277 g/mol. The zero-order valence-electron chi connectivity index (χ0n) is 12.1. The highest BCUT2D eigenvalue weighted by atomic mass is 15.0. The monoisotopic (exact) mass is 277 g/mol. The maximum absolute atomic E-state index is 6.29. The van der Waals surface area contributed by atoms with Gasteiger partial charge >= 0.3 is 0 Å². The van der Waals surface area contributed by atoms with E-state index in [-0.39, 0.29) is 6.04 Å². The third kappa shape index (κ3) is 3.03. The van der Waals surface area contributed by atoms with Gasteiger partial charge in [0.25, 0.3) is 0 Å². The van der Waals surface area contributed by atoms with Crippen molar-refractivity contribution in [2.24, 2.45) is 5.73 Å². The van der Waals surface area contributed by atoms with Crippen LogP contribution in [0.25, 0.3) is 11.3 Å². The maximum atomic E-state index is 6.29. The summed E-state index contributed by atoms with van der Waals surface area (Å²) in [6, 6.07) is 20.3. The Kier molecular flexibility index (Phi) is 3.84. The topological polar surface area (TPSA) is 54.7 Å². The van der Waals surface area contributed by atoms with Crippen LogP contribution in [0.5, 0.6) is 0 Å². The molecule has 3 nitrogen and oxygen atoms in total. The van der Waals surface area contributed by atoms with Crippen LogP contribution >= 0.6 is 0 Å². The Bertz CT molecular complexity index is 702. The number of hydrogen-bond donors (Lipinski definition) is 2. The zero-order valence-corrected chi connectivity index (χ0v) is 12.1. The van der Waals surface area contributed by atoms with Crippen molar-refractivity contribution in [1.29, 1.82) is 0 Å². The van der Waals surface area contributed by atoms with Crippen molar-refractivity contribution < 1.29 is 0 Å². The number of aromatic amines is 1. The second-order valence-corrected chi connectivity index (χ2v) is 5.26. The summed E-state index contributed by atoms with van der Waals surface area (Å²) in [5, 5.41) is 0. The number of rotatable bonds is 4. The minimum atomic E-state index is -0.122. The first-order valence-electron chi connectivity index (χ1n) is 7.15. The van der Waals surface area contributed by atoms with Gasteiger partial charge in [0, 0.05) is 11.3 Å². The summed E-state index contributed by atoms with van der Waals surface area (Å²) in [5.74, 6) is 0.843. The molecule has 0 aliphatic heterocycles. The third-order valence-corrected chi connectivity index (χ3v) is 3.60. The standard InChI is InChI=1S/C18H19N3/c1-13-17(15-10-6-3-7-11-15)21-18(20-13)16(19)12-14-8-4-2-5-9-14/h2-11,16H,12,19H2,1H3,(H,20,21). The van der Waals surface area contributed by atoms with Gasteiger partial charge in [-0.15, -0.1) is 0 Å². The number of nitrogens with zero attached hydrogens (tertiary/aromatic N) is 1. The molecule has 1 unspecified atom stereocenters. The molecule has 0 aliphatic rings. The number of nitrogens with one attached hydrogen (secondary N) is 1. The van der Waals surface area contributed by atoms with E-state index in [4.69, 9.17) is 10.7 Å². The van der Waals surface area contributed by atoms with Crippen molar-refractivity contribution >= 4 is 0 Å². The lowest BCUT2D eigenvalue weighted by molar-refractivity contribution is 0.677. The van der Waals surface area contributed by atoms with E-state index in [1.807, 2.05) is 43.3 Å². The van der Waals surface area contributed by atoms with Crippen LogP contribution in [0.2, 0.25) is 0 Å². The minimum absolute atomic E-state index is 0.122. The zero-order chi connectivity index (χ0) is 14.7. The first-order valence-corrected chi connectivity index (χ1v) is 7.15. The molecule has 0 bridgehead atoms. The molecule has 3 aromatic rings. The van der Waals surface area contributed by atoms with E-state index in [2.05, 4.69) is 29.2 Å². The molecule has 3 rings (SSSR count). The highest BCUT2D eigenvalue weighted by Gasteiger charge is 2.14. The van der Waals surface area contributed by atoms with E-state index in [1.54, 1.807) is 0 Å². The van der Waals surface area contributed by atoms with Gasteiger partial charge in [-0.3, -0.25) is 0 Å². The summed E-state index contributed by atoms with van der Waals surface area (Å²) in [5.41, 5.74) is 10.7. The molecule has 1 aromatic heterocycles. The summed E-state index contributed by atoms with van der Waals surface area (Å²) in [4.78, 5) is 8.02. The molecule has 21 heavy (non-hydrogen) atoms. The maximum Gasteiger partial charge on any atom is 0.124 e. The first-order chi connectivity index (χ1) is 10.2. The number of benzene rings is 2. The Balaban J connectivity index is 1.84. The Labute approximate surface area is 124 Å². The van der Waals surface area contributed by atoms with Gasteiger partial charge in [-0.05, 0) is 18.9 Å². The number of aromatic nitrogens is 2. The molecule has 0 fully saturated rings. The number of H-pyrrole nitrogens is 1. The highest BCUT2D eigenvalue weighted by Crippen LogP contribution is 2.23. The molecule has 3 heteroatoms. The van der Waals surface area contributed by atoms with E-state index in [0.29, 0.717) is 0 Å². The largest absolute Gasteiger partial charge is 0.344 e. The summed E-state index contributed by atoms with van der Waals surface area (Å²) in [7, 11) is 0. The van der Waals surface area contributed by atoms with Crippen LogP contribution in [0.4, 0.5) is 0 Å². The second kappa shape index (κ2) is 5.94. The molecule has 0 radical (unpaired) electrons. The molecule has 2 aromatic carbocycles. The summed E-state index contributed by atoms with van der Waals surface area (Å²) >= 11 is 0. The van der Waals surface area contributed by atoms with Gasteiger partial charge in [0.15, 0.2) is 0 Å². The number of imidazole rings is 1. The molecular formula is C18H19N3. The summed E-state index contributed by atoms with van der Waals surface area (Å²) in [6.45, 7) is 2.04. The predicted molar refractivity (Wildman–Crippen MR) is 85.8 cm³/mol. The van der Waals surface area contributed by atoms with Crippen LogP contribution in [0.15, 0.2) is 60.7 Å². The van der Waals surface area contributed by atoms with Crippen molar-refractivity contribution in [1.82, 2.24) is 9.97 Å². The van der Waals surface area contributed by atoms with Crippen molar-refractivity contribution in [3.05, 3.63) is 77.7 Å². The highest BCUT2D eigenvalue weighted by molar-refractivity contribution is 5.61. The van der Waals surface area contributed by atoms with Crippen molar-refractivity contribution in [2.75, 3.05) is 0 Å². The quantitative estimate of drug-likeness (QED) is 0.765. The Morgan fingerprint density at radius 1 is 1.00 bits per heavy atom. The SMILES string of the molecule is Cc1[nH]c(C(N)Cc2ccccc2)nc1-c1ccccc1. The lowest BCUT2D eigenvalue weighted by atomic mass is 10.1. The van der Waals surface area contributed by atoms with Gasteiger partial charge in [0.05, 0.1) is 11.7 Å². The van der Waals surface area contributed by atoms with E-state index in [9.17, 15) is 0 Å². The Morgan fingerprint density at radius 2 is 1.62 bits per heavy atom. The molecule has 1 heterocycles. The van der Waals surface area contributed by atoms with E-state index in [0.717, 1.165) is 29.2 Å². The second-order valence-electron chi connectivity index (χ2n) is 5.26. The molecule has 3 N–H and O–H groups in total. The number of nitrogens with two attached hydrogens (primary N) is 1. The fraction of sp³-hybridized carbons (Fsp3) is 0.167. The van der Waals surface area contributed by atoms with E-state index >= 15 is 0 Å². The molecule has 0 saturated heterocycles. The van der Waals surface area contributed by atoms with Gasteiger partial charge < -0.3 is 10.7 Å². The summed E-state index contributed by atoms with van der Waals surface area (Å²) in [6.07, 6.45) is 0.780. The van der Waals surface area contributed by atoms with Gasteiger partial charge in [-0.2, -0.15) is 0 Å². The van der Waals surface area contributed by atoms with Gasteiger partial charge in [-0.25, -0.2) is 4.98 Å². The normalized spacial score (nSPS) is 12.3. The summed E-state index contributed by atoms with van der Waals surface area (Å²) < 4.78 is 0. The molecule has 1 atom stereocenters. The lowest BCUT2D eigenvalue weighted by Crippen LogP contribution is -2.15. The van der Waals surface area contributed by atoms with Gasteiger partial charge in [-0.1, -0.05) is 60.7 Å². The van der Waals surface area contributed by atoms with Crippen molar-refractivity contribution in [3.63, 3.8) is 0 Å². The molecule has 106 valence electrons. The van der Waals surface area contributed by atoms with Crippen LogP contribution in [-0.4, -0.2) is 9.97 Å². The van der Waals surface area contributed by atoms with Crippen molar-refractivity contribution in [3.8, 4) is 11.3 Å². The van der Waals surface area contributed by atoms with Crippen molar-refractivity contribution in [2.45, 2.75) is 19.4 Å². The molecule has 0 spiro atoms. The molecule has 0 amide bonds. The van der Waals surface area contributed by atoms with E-state index < -0.39 is 0 Å². The van der Waals surface area contributed by atoms with Gasteiger partial charge in [0.1, 0.15) is 5.82 Å². The smallest absolute Gasteiger partial charge is 0.124 e. The van der Waals surface area contributed by atoms with Gasteiger partial charge in [0.2, 0.25) is 0 Å². The predicted octanol–water partition coefficient (Wildman–Crippen LogP) is 3.63. The van der Waals surface area contributed by atoms with Crippen LogP contribution < -0.4 is 5.73 Å². The Morgan fingerprint density at radius 3 is 2.29 bits per heavy atom. The van der Waals surface area contributed by atoms with Crippen LogP contribution in [0, 0.1) is 6.92 Å².